The SMILES string of the molecule is CCOc1ccc(S(=O)(=O)Nc2ccc(C(=O)NNC(=O)c3sccc3C)cc2)cc1. The van der Waals surface area contributed by atoms with E-state index in [9.17, 15) is 18.0 Å². The molecule has 3 N–H and O–H groups in total. The molecule has 0 saturated heterocycles. The van der Waals surface area contributed by atoms with Crippen molar-refractivity contribution in [2.75, 3.05) is 11.3 Å². The number of hydrazine groups is 1. The Morgan fingerprint density at radius 1 is 0.935 bits per heavy atom. The second kappa shape index (κ2) is 9.63. The lowest BCUT2D eigenvalue weighted by Crippen LogP contribution is -2.41. The molecule has 0 aliphatic carbocycles. The minimum Gasteiger partial charge on any atom is -0.494 e. The van der Waals surface area contributed by atoms with Crippen LogP contribution in [0.3, 0.4) is 0 Å². The van der Waals surface area contributed by atoms with Gasteiger partial charge in [-0.1, -0.05) is 0 Å². The summed E-state index contributed by atoms with van der Waals surface area (Å²) < 4.78 is 32.8. The fraction of sp³-hybridized carbons (Fsp3) is 0.143. The van der Waals surface area contributed by atoms with E-state index >= 15 is 0 Å². The Hall–Kier alpha value is -3.37. The summed E-state index contributed by atoms with van der Waals surface area (Å²) >= 11 is 1.28. The summed E-state index contributed by atoms with van der Waals surface area (Å²) in [5, 5.41) is 1.79. The maximum atomic E-state index is 12.5. The molecule has 0 saturated carbocycles. The van der Waals surface area contributed by atoms with Gasteiger partial charge in [-0.05, 0) is 79.4 Å². The number of thiophene rings is 1. The fourth-order valence-corrected chi connectivity index (χ4v) is 4.51. The van der Waals surface area contributed by atoms with Crippen molar-refractivity contribution in [1.82, 2.24) is 10.9 Å². The number of benzene rings is 2. The molecule has 0 radical (unpaired) electrons. The van der Waals surface area contributed by atoms with Gasteiger partial charge in [0.05, 0.1) is 16.4 Å². The average Bonchev–Trinajstić information content (AvgIpc) is 3.18. The van der Waals surface area contributed by atoms with Gasteiger partial charge in [0.15, 0.2) is 0 Å². The van der Waals surface area contributed by atoms with Gasteiger partial charge in [-0.2, -0.15) is 0 Å². The second-order valence-electron chi connectivity index (χ2n) is 6.43. The van der Waals surface area contributed by atoms with Crippen molar-refractivity contribution in [2.24, 2.45) is 0 Å². The van der Waals surface area contributed by atoms with Crippen LogP contribution < -0.4 is 20.3 Å². The van der Waals surface area contributed by atoms with Crippen LogP contribution in [0.15, 0.2) is 64.9 Å². The Morgan fingerprint density at radius 2 is 1.58 bits per heavy atom. The Balaban J connectivity index is 1.60. The van der Waals surface area contributed by atoms with Crippen LogP contribution in [0.25, 0.3) is 0 Å². The zero-order valence-corrected chi connectivity index (χ0v) is 18.5. The molecule has 3 aromatic rings. The lowest BCUT2D eigenvalue weighted by Gasteiger charge is -2.10. The highest BCUT2D eigenvalue weighted by Crippen LogP contribution is 2.20. The second-order valence-corrected chi connectivity index (χ2v) is 9.03. The third-order valence-electron chi connectivity index (χ3n) is 4.20. The summed E-state index contributed by atoms with van der Waals surface area (Å²) in [6.07, 6.45) is 0. The van der Waals surface area contributed by atoms with Crippen molar-refractivity contribution in [1.29, 1.82) is 0 Å². The Kier molecular flexibility index (Phi) is 6.93. The summed E-state index contributed by atoms with van der Waals surface area (Å²) in [4.78, 5) is 24.9. The largest absolute Gasteiger partial charge is 0.494 e. The third-order valence-corrected chi connectivity index (χ3v) is 6.61. The highest BCUT2D eigenvalue weighted by molar-refractivity contribution is 7.92. The van der Waals surface area contributed by atoms with Gasteiger partial charge in [0, 0.05) is 11.3 Å². The van der Waals surface area contributed by atoms with Crippen molar-refractivity contribution < 1.29 is 22.7 Å². The first-order valence-electron chi connectivity index (χ1n) is 9.30. The third kappa shape index (κ3) is 5.62. The van der Waals surface area contributed by atoms with E-state index in [1.165, 1.54) is 47.7 Å². The molecule has 1 aromatic heterocycles. The standard InChI is InChI=1S/C21H21N3O5S2/c1-3-29-17-8-10-18(11-9-17)31(27,28)24-16-6-4-15(5-7-16)20(25)22-23-21(26)19-14(2)12-13-30-19/h4-13,24H,3H2,1-2H3,(H,22,25)(H,23,26). The summed E-state index contributed by atoms with van der Waals surface area (Å²) in [6, 6.07) is 13.7. The fourth-order valence-electron chi connectivity index (χ4n) is 2.63. The van der Waals surface area contributed by atoms with Gasteiger partial charge in [-0.15, -0.1) is 11.3 Å². The number of rotatable bonds is 7. The first-order chi connectivity index (χ1) is 14.8. The molecule has 0 aliphatic heterocycles. The van der Waals surface area contributed by atoms with E-state index in [-0.39, 0.29) is 10.5 Å². The van der Waals surface area contributed by atoms with Crippen LogP contribution in [0.1, 0.15) is 32.5 Å². The molecule has 0 spiro atoms. The van der Waals surface area contributed by atoms with E-state index in [2.05, 4.69) is 15.6 Å². The number of aryl methyl sites for hydroxylation is 1. The summed E-state index contributed by atoms with van der Waals surface area (Å²) in [7, 11) is -3.79. The summed E-state index contributed by atoms with van der Waals surface area (Å²) in [5.74, 6) is -0.345. The van der Waals surface area contributed by atoms with Crippen molar-refractivity contribution in [2.45, 2.75) is 18.7 Å². The molecule has 1 heterocycles. The average molecular weight is 460 g/mol. The first kappa shape index (κ1) is 22.3. The van der Waals surface area contributed by atoms with E-state index < -0.39 is 21.8 Å². The minimum absolute atomic E-state index is 0.0874. The zero-order chi connectivity index (χ0) is 22.4. The van der Waals surface area contributed by atoms with E-state index in [1.54, 1.807) is 24.4 Å². The first-order valence-corrected chi connectivity index (χ1v) is 11.7. The smallest absolute Gasteiger partial charge is 0.280 e. The number of hydrogen-bond acceptors (Lipinski definition) is 6. The molecular formula is C21H21N3O5S2. The van der Waals surface area contributed by atoms with Crippen LogP contribution in [0, 0.1) is 6.92 Å². The minimum atomic E-state index is -3.79. The number of sulfonamides is 1. The number of carbonyl (C=O) groups excluding carboxylic acids is 2. The van der Waals surface area contributed by atoms with Crippen LogP contribution in [-0.2, 0) is 10.0 Å². The molecule has 0 bridgehead atoms. The van der Waals surface area contributed by atoms with Crippen LogP contribution in [0.4, 0.5) is 5.69 Å². The molecule has 0 aliphatic rings. The van der Waals surface area contributed by atoms with E-state index in [4.69, 9.17) is 4.74 Å². The number of amides is 2. The van der Waals surface area contributed by atoms with Gasteiger partial charge < -0.3 is 4.74 Å². The van der Waals surface area contributed by atoms with Gasteiger partial charge in [0.1, 0.15) is 5.75 Å². The molecule has 0 unspecified atom stereocenters. The quantitative estimate of drug-likeness (QED) is 0.469. The van der Waals surface area contributed by atoms with Gasteiger partial charge in [-0.25, -0.2) is 8.42 Å². The monoisotopic (exact) mass is 459 g/mol. The maximum absolute atomic E-state index is 12.5. The van der Waals surface area contributed by atoms with Crippen LogP contribution >= 0.6 is 11.3 Å². The Bertz CT molecular complexity index is 1170. The molecule has 2 aromatic carbocycles. The van der Waals surface area contributed by atoms with Crippen molar-refractivity contribution in [3.8, 4) is 5.75 Å². The molecule has 0 fully saturated rings. The summed E-state index contributed by atoms with van der Waals surface area (Å²) in [6.45, 7) is 4.14. The maximum Gasteiger partial charge on any atom is 0.280 e. The predicted octanol–water partition coefficient (Wildman–Crippen LogP) is 3.33. The Morgan fingerprint density at radius 3 is 2.16 bits per heavy atom. The van der Waals surface area contributed by atoms with Crippen LogP contribution in [0.2, 0.25) is 0 Å². The molecule has 10 heteroatoms. The molecule has 0 atom stereocenters. The summed E-state index contributed by atoms with van der Waals surface area (Å²) in [5.41, 5.74) is 6.08. The van der Waals surface area contributed by atoms with Crippen molar-refractivity contribution >= 4 is 38.9 Å². The number of carbonyl (C=O) groups is 2. The van der Waals surface area contributed by atoms with Gasteiger partial charge in [-0.3, -0.25) is 25.2 Å². The molecule has 3 rings (SSSR count). The van der Waals surface area contributed by atoms with Crippen LogP contribution in [-0.4, -0.2) is 26.8 Å². The molecule has 162 valence electrons. The molecule has 2 amide bonds. The number of hydrogen-bond donors (Lipinski definition) is 3. The van der Waals surface area contributed by atoms with Crippen molar-refractivity contribution in [3.63, 3.8) is 0 Å². The van der Waals surface area contributed by atoms with Gasteiger partial charge in [0.2, 0.25) is 0 Å². The highest BCUT2D eigenvalue weighted by Gasteiger charge is 2.15. The molecule has 31 heavy (non-hydrogen) atoms. The molecule has 8 nitrogen and oxygen atoms in total. The van der Waals surface area contributed by atoms with E-state index in [1.807, 2.05) is 13.0 Å². The normalized spacial score (nSPS) is 10.9. The van der Waals surface area contributed by atoms with Crippen LogP contribution in [0.5, 0.6) is 5.75 Å². The lowest BCUT2D eigenvalue weighted by molar-refractivity contribution is 0.0848. The topological polar surface area (TPSA) is 114 Å². The van der Waals surface area contributed by atoms with E-state index in [0.29, 0.717) is 22.9 Å². The zero-order valence-electron chi connectivity index (χ0n) is 16.8. The van der Waals surface area contributed by atoms with Gasteiger partial charge in [0.25, 0.3) is 21.8 Å². The predicted molar refractivity (Wildman–Crippen MR) is 119 cm³/mol. The van der Waals surface area contributed by atoms with Crippen molar-refractivity contribution in [3.05, 3.63) is 76.0 Å². The van der Waals surface area contributed by atoms with Gasteiger partial charge >= 0.3 is 0 Å². The number of anilines is 1. The molecular weight excluding hydrogens is 438 g/mol. The lowest BCUT2D eigenvalue weighted by atomic mass is 10.2. The van der Waals surface area contributed by atoms with E-state index in [0.717, 1.165) is 5.56 Å². The highest BCUT2D eigenvalue weighted by atomic mass is 32.2. The Labute approximate surface area is 184 Å². The number of nitrogens with one attached hydrogen (secondary N) is 3. The number of ether oxygens (including phenoxy) is 1.